The maximum absolute atomic E-state index is 15.2. The van der Waals surface area contributed by atoms with Gasteiger partial charge in [0.1, 0.15) is 16.5 Å². The maximum Gasteiger partial charge on any atom is 0.420 e. The average Bonchev–Trinajstić information content (AvgIpc) is 3.10. The Morgan fingerprint density at radius 2 is 1.89 bits per heavy atom. The SMILES string of the molecule is CC(c1ccccc1C1(F)CNC1)n1c(=O)oc2cc(S(=O)(=O)Nc3cccc(F)n3)c(F)cc21. The molecule has 0 aliphatic carbocycles. The van der Waals surface area contributed by atoms with Crippen LogP contribution in [0.25, 0.3) is 11.1 Å². The number of oxazole rings is 1. The van der Waals surface area contributed by atoms with E-state index in [1.165, 1.54) is 12.1 Å². The standard InChI is InChI=1S/C23H19F3N4O4S/c1-13(14-5-2-3-6-15(14)23(26)11-27-12-23)30-17-9-16(24)19(10-18(17)34-22(30)31)35(32,33)29-21-8-4-7-20(25)28-21/h2-10,13,27H,11-12H2,1H3,(H,28,29). The summed E-state index contributed by atoms with van der Waals surface area (Å²) < 4.78 is 77.4. The number of rotatable bonds is 6. The van der Waals surface area contributed by atoms with E-state index in [1.807, 2.05) is 4.72 Å². The first-order valence-electron chi connectivity index (χ1n) is 10.6. The first-order chi connectivity index (χ1) is 16.6. The number of hydrogen-bond donors (Lipinski definition) is 2. The van der Waals surface area contributed by atoms with E-state index in [0.29, 0.717) is 11.1 Å². The molecule has 2 aromatic carbocycles. The molecule has 182 valence electrons. The Labute approximate surface area is 197 Å². The van der Waals surface area contributed by atoms with Crippen LogP contribution in [-0.4, -0.2) is 31.1 Å². The number of nitrogens with zero attached hydrogens (tertiary/aromatic N) is 2. The molecule has 1 aliphatic rings. The van der Waals surface area contributed by atoms with Crippen LogP contribution in [0.3, 0.4) is 0 Å². The third-order valence-electron chi connectivity index (χ3n) is 6.00. The minimum Gasteiger partial charge on any atom is -0.408 e. The van der Waals surface area contributed by atoms with Gasteiger partial charge in [0, 0.05) is 25.2 Å². The summed E-state index contributed by atoms with van der Waals surface area (Å²) in [5.74, 6) is -3.30. The van der Waals surface area contributed by atoms with E-state index in [1.54, 1.807) is 31.2 Å². The van der Waals surface area contributed by atoms with Gasteiger partial charge in [-0.05, 0) is 30.2 Å². The highest BCUT2D eigenvalue weighted by atomic mass is 32.2. The van der Waals surface area contributed by atoms with Crippen LogP contribution in [-0.2, 0) is 15.7 Å². The van der Waals surface area contributed by atoms with Crippen LogP contribution in [0.2, 0.25) is 0 Å². The fraction of sp³-hybridized carbons (Fsp3) is 0.217. The molecule has 2 aromatic heterocycles. The zero-order valence-electron chi connectivity index (χ0n) is 18.3. The molecule has 2 N–H and O–H groups in total. The van der Waals surface area contributed by atoms with Crippen molar-refractivity contribution >= 4 is 26.9 Å². The van der Waals surface area contributed by atoms with Gasteiger partial charge in [0.05, 0.1) is 11.6 Å². The fourth-order valence-electron chi connectivity index (χ4n) is 4.21. The molecule has 8 nitrogen and oxygen atoms in total. The predicted octanol–water partition coefficient (Wildman–Crippen LogP) is 3.45. The molecular weight excluding hydrogens is 485 g/mol. The van der Waals surface area contributed by atoms with Gasteiger partial charge >= 0.3 is 5.76 Å². The number of anilines is 1. The summed E-state index contributed by atoms with van der Waals surface area (Å²) in [4.78, 5) is 15.3. The quantitative estimate of drug-likeness (QED) is 0.390. The molecule has 1 aliphatic heterocycles. The van der Waals surface area contributed by atoms with Crippen molar-refractivity contribution < 1.29 is 26.0 Å². The Morgan fingerprint density at radius 3 is 2.57 bits per heavy atom. The number of aromatic nitrogens is 2. The normalized spacial score (nSPS) is 16.1. The van der Waals surface area contributed by atoms with Gasteiger partial charge in [-0.3, -0.25) is 9.29 Å². The minimum atomic E-state index is -4.53. The van der Waals surface area contributed by atoms with Crippen molar-refractivity contribution in [3.05, 3.63) is 88.0 Å². The van der Waals surface area contributed by atoms with Gasteiger partial charge in [-0.15, -0.1) is 0 Å². The number of hydrogen-bond acceptors (Lipinski definition) is 6. The highest BCUT2D eigenvalue weighted by Gasteiger charge is 2.41. The van der Waals surface area contributed by atoms with E-state index in [-0.39, 0.29) is 30.0 Å². The summed E-state index contributed by atoms with van der Waals surface area (Å²) in [6.45, 7) is 1.89. The van der Waals surface area contributed by atoms with Crippen LogP contribution in [0.5, 0.6) is 0 Å². The van der Waals surface area contributed by atoms with Gasteiger partial charge in [0.2, 0.25) is 5.95 Å². The zero-order valence-corrected chi connectivity index (χ0v) is 19.1. The molecule has 0 bridgehead atoms. The largest absolute Gasteiger partial charge is 0.420 e. The fourth-order valence-corrected chi connectivity index (χ4v) is 5.29. The first-order valence-corrected chi connectivity index (χ1v) is 12.1. The number of sulfonamides is 1. The monoisotopic (exact) mass is 504 g/mol. The molecule has 0 spiro atoms. The minimum absolute atomic E-state index is 0.00252. The molecular formula is C23H19F3N4O4S. The number of fused-ring (bicyclic) bond motifs is 1. The van der Waals surface area contributed by atoms with Crippen molar-refractivity contribution in [2.24, 2.45) is 0 Å². The Morgan fingerprint density at radius 1 is 1.14 bits per heavy atom. The highest BCUT2D eigenvalue weighted by Crippen LogP contribution is 2.37. The molecule has 0 radical (unpaired) electrons. The molecule has 1 saturated heterocycles. The summed E-state index contributed by atoms with van der Waals surface area (Å²) in [7, 11) is -4.53. The lowest BCUT2D eigenvalue weighted by atomic mass is 9.84. The van der Waals surface area contributed by atoms with Gasteiger partial charge in [0.25, 0.3) is 10.0 Å². The topological polar surface area (TPSA) is 106 Å². The number of alkyl halides is 1. The van der Waals surface area contributed by atoms with Crippen molar-refractivity contribution in [1.29, 1.82) is 0 Å². The zero-order chi connectivity index (χ0) is 25.0. The molecule has 0 saturated carbocycles. The third kappa shape index (κ3) is 3.98. The van der Waals surface area contributed by atoms with Crippen LogP contribution in [0.4, 0.5) is 19.0 Å². The molecule has 1 atom stereocenters. The van der Waals surface area contributed by atoms with Gasteiger partial charge in [-0.1, -0.05) is 30.3 Å². The van der Waals surface area contributed by atoms with Gasteiger partial charge < -0.3 is 9.73 Å². The van der Waals surface area contributed by atoms with Crippen molar-refractivity contribution in [3.63, 3.8) is 0 Å². The Bertz CT molecular complexity index is 1610. The highest BCUT2D eigenvalue weighted by molar-refractivity contribution is 7.92. The van der Waals surface area contributed by atoms with E-state index in [4.69, 9.17) is 4.42 Å². The summed E-state index contributed by atoms with van der Waals surface area (Å²) in [5.41, 5.74) is -0.876. The predicted molar refractivity (Wildman–Crippen MR) is 121 cm³/mol. The number of halogens is 3. The summed E-state index contributed by atoms with van der Waals surface area (Å²) >= 11 is 0. The summed E-state index contributed by atoms with van der Waals surface area (Å²) in [6, 6.07) is 11.2. The summed E-state index contributed by atoms with van der Waals surface area (Å²) in [6.07, 6.45) is 0. The van der Waals surface area contributed by atoms with Crippen LogP contribution < -0.4 is 15.8 Å². The number of pyridine rings is 1. The second-order valence-corrected chi connectivity index (χ2v) is 9.92. The van der Waals surface area contributed by atoms with Crippen LogP contribution in [0.1, 0.15) is 24.1 Å². The van der Waals surface area contributed by atoms with E-state index in [2.05, 4.69) is 10.3 Å². The molecule has 12 heteroatoms. The lowest BCUT2D eigenvalue weighted by Crippen LogP contribution is -2.54. The Kier molecular flexibility index (Phi) is 5.44. The van der Waals surface area contributed by atoms with Gasteiger partial charge in [0.15, 0.2) is 11.3 Å². The molecule has 4 aromatic rings. The third-order valence-corrected chi connectivity index (χ3v) is 7.37. The molecule has 0 amide bonds. The van der Waals surface area contributed by atoms with Crippen molar-refractivity contribution in [2.45, 2.75) is 23.5 Å². The van der Waals surface area contributed by atoms with Crippen LogP contribution >= 0.6 is 0 Å². The van der Waals surface area contributed by atoms with Crippen molar-refractivity contribution in [1.82, 2.24) is 14.9 Å². The Hall–Kier alpha value is -3.64. The van der Waals surface area contributed by atoms with Crippen LogP contribution in [0, 0.1) is 11.8 Å². The Balaban J connectivity index is 1.58. The van der Waals surface area contributed by atoms with Gasteiger partial charge in [-0.2, -0.15) is 4.39 Å². The van der Waals surface area contributed by atoms with E-state index in [0.717, 1.165) is 22.8 Å². The average molecular weight is 504 g/mol. The number of benzene rings is 2. The second-order valence-electron chi connectivity index (χ2n) is 8.27. The number of nitrogens with one attached hydrogen (secondary N) is 2. The van der Waals surface area contributed by atoms with E-state index < -0.39 is 44.2 Å². The van der Waals surface area contributed by atoms with Crippen molar-refractivity contribution in [3.8, 4) is 0 Å². The lowest BCUT2D eigenvalue weighted by molar-refractivity contribution is 0.0875. The van der Waals surface area contributed by atoms with Gasteiger partial charge in [-0.25, -0.2) is 27.0 Å². The smallest absolute Gasteiger partial charge is 0.408 e. The lowest BCUT2D eigenvalue weighted by Gasteiger charge is -2.37. The molecule has 35 heavy (non-hydrogen) atoms. The second kappa shape index (κ2) is 8.24. The van der Waals surface area contributed by atoms with Crippen LogP contribution in [0.15, 0.2) is 68.7 Å². The maximum atomic E-state index is 15.2. The molecule has 5 rings (SSSR count). The summed E-state index contributed by atoms with van der Waals surface area (Å²) in [5, 5.41) is 2.89. The van der Waals surface area contributed by atoms with E-state index in [9.17, 15) is 17.6 Å². The molecule has 1 unspecified atom stereocenters. The molecule has 3 heterocycles. The first kappa shape index (κ1) is 23.1. The molecule has 1 fully saturated rings. The van der Waals surface area contributed by atoms with E-state index >= 15 is 8.78 Å². The van der Waals surface area contributed by atoms with Crippen molar-refractivity contribution in [2.75, 3.05) is 17.8 Å².